The highest BCUT2D eigenvalue weighted by Gasteiger charge is 2.12. The molecule has 0 aromatic heterocycles. The third kappa shape index (κ3) is 3.74. The Bertz CT molecular complexity index is 663. The van der Waals surface area contributed by atoms with Crippen molar-refractivity contribution in [1.29, 1.82) is 5.26 Å². The first-order chi connectivity index (χ1) is 10.2. The van der Waals surface area contributed by atoms with Crippen molar-refractivity contribution in [3.05, 3.63) is 54.1 Å². The molecule has 0 heterocycles. The molecule has 0 fully saturated rings. The predicted molar refractivity (Wildman–Crippen MR) is 78.3 cm³/mol. The van der Waals surface area contributed by atoms with Crippen LogP contribution in [0, 0.1) is 11.3 Å². The fourth-order valence-corrected chi connectivity index (χ4v) is 1.76. The van der Waals surface area contributed by atoms with E-state index < -0.39 is 0 Å². The van der Waals surface area contributed by atoms with Crippen molar-refractivity contribution < 1.29 is 14.3 Å². The first-order valence-electron chi connectivity index (χ1n) is 6.29. The minimum absolute atomic E-state index is 0.146. The molecule has 0 saturated carbocycles. The van der Waals surface area contributed by atoms with Crippen molar-refractivity contribution in [3.8, 4) is 17.6 Å². The van der Waals surface area contributed by atoms with Gasteiger partial charge in [0.1, 0.15) is 23.3 Å². The number of carbonyl (C=O) groups is 1. The van der Waals surface area contributed by atoms with Crippen LogP contribution in [-0.2, 0) is 4.79 Å². The van der Waals surface area contributed by atoms with Gasteiger partial charge in [-0.25, -0.2) is 0 Å². The van der Waals surface area contributed by atoms with Gasteiger partial charge in [0, 0.05) is 0 Å². The molecule has 0 aliphatic heterocycles. The van der Waals surface area contributed by atoms with Crippen molar-refractivity contribution in [2.75, 3.05) is 19.0 Å². The molecule has 2 rings (SSSR count). The highest BCUT2D eigenvalue weighted by atomic mass is 16.5. The SMILES string of the molecule is COc1cccc(C#N)c1NC(=O)COc1ccccc1. The molecule has 0 radical (unpaired) electrons. The van der Waals surface area contributed by atoms with Crippen LogP contribution in [0.4, 0.5) is 5.69 Å². The average Bonchev–Trinajstić information content (AvgIpc) is 2.54. The third-order valence-corrected chi connectivity index (χ3v) is 2.74. The molecule has 0 saturated heterocycles. The molecular weight excluding hydrogens is 268 g/mol. The zero-order valence-electron chi connectivity index (χ0n) is 11.5. The third-order valence-electron chi connectivity index (χ3n) is 2.74. The quantitative estimate of drug-likeness (QED) is 0.915. The standard InChI is InChI=1S/C16H14N2O3/c1-20-14-9-5-6-12(10-17)16(14)18-15(19)11-21-13-7-3-2-4-8-13/h2-9H,11H2,1H3,(H,18,19). The molecule has 5 nitrogen and oxygen atoms in total. The Kier molecular flexibility index (Phi) is 4.78. The van der Waals surface area contributed by atoms with E-state index in [1.54, 1.807) is 30.3 Å². The lowest BCUT2D eigenvalue weighted by molar-refractivity contribution is -0.118. The minimum atomic E-state index is -0.361. The average molecular weight is 282 g/mol. The Labute approximate surface area is 122 Å². The molecule has 0 aliphatic rings. The van der Waals surface area contributed by atoms with Crippen LogP contribution < -0.4 is 14.8 Å². The Morgan fingerprint density at radius 1 is 1.19 bits per heavy atom. The lowest BCUT2D eigenvalue weighted by Crippen LogP contribution is -2.21. The number of methoxy groups -OCH3 is 1. The molecule has 106 valence electrons. The molecule has 0 spiro atoms. The van der Waals surface area contributed by atoms with Crippen LogP contribution in [0.15, 0.2) is 48.5 Å². The lowest BCUT2D eigenvalue weighted by Gasteiger charge is -2.12. The molecular formula is C16H14N2O3. The van der Waals surface area contributed by atoms with Crippen molar-refractivity contribution >= 4 is 11.6 Å². The molecule has 0 aliphatic carbocycles. The second-order valence-corrected chi connectivity index (χ2v) is 4.14. The fourth-order valence-electron chi connectivity index (χ4n) is 1.76. The topological polar surface area (TPSA) is 71.3 Å². The van der Waals surface area contributed by atoms with Gasteiger partial charge in [-0.1, -0.05) is 24.3 Å². The molecule has 5 heteroatoms. The highest BCUT2D eigenvalue weighted by Crippen LogP contribution is 2.27. The summed E-state index contributed by atoms with van der Waals surface area (Å²) < 4.78 is 10.5. The van der Waals surface area contributed by atoms with Gasteiger partial charge >= 0.3 is 0 Å². The maximum absolute atomic E-state index is 11.9. The van der Waals surface area contributed by atoms with E-state index in [-0.39, 0.29) is 12.5 Å². The van der Waals surface area contributed by atoms with E-state index in [1.807, 2.05) is 24.3 Å². The van der Waals surface area contributed by atoms with Crippen LogP contribution in [0.3, 0.4) is 0 Å². The van der Waals surface area contributed by atoms with Gasteiger partial charge in [0.05, 0.1) is 12.7 Å². The Morgan fingerprint density at radius 2 is 1.95 bits per heavy atom. The molecule has 1 N–H and O–H groups in total. The number of hydrogen-bond acceptors (Lipinski definition) is 4. The lowest BCUT2D eigenvalue weighted by atomic mass is 10.2. The smallest absolute Gasteiger partial charge is 0.262 e. The number of rotatable bonds is 5. The van der Waals surface area contributed by atoms with Gasteiger partial charge in [0.15, 0.2) is 6.61 Å². The summed E-state index contributed by atoms with van der Waals surface area (Å²) in [7, 11) is 1.48. The molecule has 0 unspecified atom stereocenters. The Balaban J connectivity index is 2.05. The van der Waals surface area contributed by atoms with E-state index in [2.05, 4.69) is 5.32 Å². The fraction of sp³-hybridized carbons (Fsp3) is 0.125. The molecule has 2 aromatic rings. The zero-order valence-corrected chi connectivity index (χ0v) is 11.5. The summed E-state index contributed by atoms with van der Waals surface area (Å²) in [6.07, 6.45) is 0. The summed E-state index contributed by atoms with van der Waals surface area (Å²) in [6.45, 7) is -0.146. The van der Waals surface area contributed by atoms with Crippen LogP contribution in [0.1, 0.15) is 5.56 Å². The van der Waals surface area contributed by atoms with Crippen LogP contribution in [-0.4, -0.2) is 19.6 Å². The van der Waals surface area contributed by atoms with Crippen LogP contribution in [0.2, 0.25) is 0 Å². The van der Waals surface area contributed by atoms with Gasteiger partial charge in [-0.3, -0.25) is 4.79 Å². The van der Waals surface area contributed by atoms with Crippen molar-refractivity contribution in [2.24, 2.45) is 0 Å². The zero-order chi connectivity index (χ0) is 15.1. The van der Waals surface area contributed by atoms with Crippen molar-refractivity contribution in [3.63, 3.8) is 0 Å². The predicted octanol–water partition coefficient (Wildman–Crippen LogP) is 2.58. The monoisotopic (exact) mass is 282 g/mol. The van der Waals surface area contributed by atoms with E-state index in [0.29, 0.717) is 22.7 Å². The first kappa shape index (κ1) is 14.4. The van der Waals surface area contributed by atoms with Gasteiger partial charge < -0.3 is 14.8 Å². The maximum atomic E-state index is 11.9. The summed E-state index contributed by atoms with van der Waals surface area (Å²) in [4.78, 5) is 11.9. The minimum Gasteiger partial charge on any atom is -0.495 e. The second-order valence-electron chi connectivity index (χ2n) is 4.14. The number of hydrogen-bond donors (Lipinski definition) is 1. The molecule has 2 aromatic carbocycles. The maximum Gasteiger partial charge on any atom is 0.262 e. The number of nitrogens with zero attached hydrogens (tertiary/aromatic N) is 1. The number of amides is 1. The van der Waals surface area contributed by atoms with E-state index in [9.17, 15) is 4.79 Å². The van der Waals surface area contributed by atoms with E-state index >= 15 is 0 Å². The highest BCUT2D eigenvalue weighted by molar-refractivity contribution is 5.94. The number of carbonyl (C=O) groups excluding carboxylic acids is 1. The number of nitrogens with one attached hydrogen (secondary N) is 1. The summed E-state index contributed by atoms with van der Waals surface area (Å²) in [6, 6.07) is 16.0. The number of para-hydroxylation sites is 2. The van der Waals surface area contributed by atoms with Crippen LogP contribution in [0.5, 0.6) is 11.5 Å². The van der Waals surface area contributed by atoms with Gasteiger partial charge in [-0.2, -0.15) is 5.26 Å². The molecule has 21 heavy (non-hydrogen) atoms. The molecule has 0 bridgehead atoms. The first-order valence-corrected chi connectivity index (χ1v) is 6.29. The molecule has 1 amide bonds. The number of anilines is 1. The Hall–Kier alpha value is -3.00. The van der Waals surface area contributed by atoms with Crippen molar-refractivity contribution in [2.45, 2.75) is 0 Å². The number of ether oxygens (including phenoxy) is 2. The van der Waals surface area contributed by atoms with Crippen LogP contribution >= 0.6 is 0 Å². The van der Waals surface area contributed by atoms with Gasteiger partial charge in [0.2, 0.25) is 0 Å². The van der Waals surface area contributed by atoms with E-state index in [0.717, 1.165) is 0 Å². The summed E-state index contributed by atoms with van der Waals surface area (Å²) >= 11 is 0. The summed E-state index contributed by atoms with van der Waals surface area (Å²) in [5, 5.41) is 11.7. The Morgan fingerprint density at radius 3 is 2.62 bits per heavy atom. The van der Waals surface area contributed by atoms with E-state index in [4.69, 9.17) is 14.7 Å². The van der Waals surface area contributed by atoms with Gasteiger partial charge in [-0.05, 0) is 24.3 Å². The van der Waals surface area contributed by atoms with Crippen molar-refractivity contribution in [1.82, 2.24) is 0 Å². The largest absolute Gasteiger partial charge is 0.495 e. The van der Waals surface area contributed by atoms with Gasteiger partial charge in [0.25, 0.3) is 5.91 Å². The number of benzene rings is 2. The normalized spacial score (nSPS) is 9.52. The van der Waals surface area contributed by atoms with Crippen LogP contribution in [0.25, 0.3) is 0 Å². The van der Waals surface area contributed by atoms with Gasteiger partial charge in [-0.15, -0.1) is 0 Å². The summed E-state index contributed by atoms with van der Waals surface area (Å²) in [5.74, 6) is 0.676. The number of nitriles is 1. The van der Waals surface area contributed by atoms with E-state index in [1.165, 1.54) is 7.11 Å². The second kappa shape index (κ2) is 6.96. The molecule has 0 atom stereocenters. The summed E-state index contributed by atoms with van der Waals surface area (Å²) in [5.41, 5.74) is 0.687.